The molecule has 0 atom stereocenters. The highest BCUT2D eigenvalue weighted by molar-refractivity contribution is 7.11. The molecule has 1 aliphatic rings. The van der Waals surface area contributed by atoms with Crippen LogP contribution in [-0.4, -0.2) is 11.6 Å². The minimum absolute atomic E-state index is 0.146. The fraction of sp³-hybridized carbons (Fsp3) is 0.812. The summed E-state index contributed by atoms with van der Waals surface area (Å²) in [6.45, 7) is 7.83. The van der Waals surface area contributed by atoms with E-state index >= 15 is 0 Å². The lowest BCUT2D eigenvalue weighted by Gasteiger charge is -2.30. The van der Waals surface area contributed by atoms with Gasteiger partial charge in [0.2, 0.25) is 0 Å². The predicted molar refractivity (Wildman–Crippen MR) is 85.1 cm³/mol. The number of aromatic nitrogens is 1. The van der Waals surface area contributed by atoms with Crippen LogP contribution < -0.4 is 5.73 Å². The van der Waals surface area contributed by atoms with E-state index in [0.29, 0.717) is 12.5 Å². The third-order valence-electron chi connectivity index (χ3n) is 4.18. The Morgan fingerprint density at radius 1 is 1.25 bits per heavy atom. The summed E-state index contributed by atoms with van der Waals surface area (Å²) >= 11 is 1.78. The zero-order chi connectivity index (χ0) is 14.6. The van der Waals surface area contributed by atoms with E-state index in [0.717, 1.165) is 19.4 Å². The van der Waals surface area contributed by atoms with E-state index in [-0.39, 0.29) is 5.60 Å². The maximum Gasteiger partial charge on any atom is 0.125 e. The third kappa shape index (κ3) is 3.23. The fourth-order valence-electron chi connectivity index (χ4n) is 3.15. The Bertz CT molecular complexity index is 420. The predicted octanol–water partition coefficient (Wildman–Crippen LogP) is 4.31. The maximum atomic E-state index is 6.24. The smallest absolute Gasteiger partial charge is 0.125 e. The van der Waals surface area contributed by atoms with Crippen LogP contribution in [0.3, 0.4) is 0 Å². The molecule has 2 N–H and O–H groups in total. The van der Waals surface area contributed by atoms with Gasteiger partial charge in [-0.1, -0.05) is 39.5 Å². The van der Waals surface area contributed by atoms with Crippen LogP contribution >= 0.6 is 11.3 Å². The zero-order valence-corrected chi connectivity index (χ0v) is 13.9. The molecule has 1 aromatic rings. The van der Waals surface area contributed by atoms with E-state index in [4.69, 9.17) is 15.5 Å². The van der Waals surface area contributed by atoms with Crippen LogP contribution in [0.5, 0.6) is 0 Å². The Balaban J connectivity index is 2.37. The standard InChI is InChI=1S/C16H28N2OS/c1-4-19-16(9-7-5-6-8-10-16)15-18-14(12(2)3)13(11-17)20-15/h12H,4-11,17H2,1-3H3. The van der Waals surface area contributed by atoms with Crippen molar-refractivity contribution < 1.29 is 4.74 Å². The molecule has 4 heteroatoms. The van der Waals surface area contributed by atoms with Crippen LogP contribution in [-0.2, 0) is 16.9 Å². The van der Waals surface area contributed by atoms with Gasteiger partial charge < -0.3 is 10.5 Å². The Kier molecular flexibility index (Phi) is 5.58. The normalized spacial score (nSPS) is 19.2. The first kappa shape index (κ1) is 15.9. The van der Waals surface area contributed by atoms with Gasteiger partial charge in [-0.3, -0.25) is 0 Å². The molecule has 1 fully saturated rings. The minimum atomic E-state index is -0.146. The highest BCUT2D eigenvalue weighted by Crippen LogP contribution is 2.42. The molecular formula is C16H28N2OS. The largest absolute Gasteiger partial charge is 0.368 e. The van der Waals surface area contributed by atoms with Crippen LogP contribution in [0.1, 0.15) is 80.8 Å². The van der Waals surface area contributed by atoms with Crippen molar-refractivity contribution in [1.82, 2.24) is 4.98 Å². The van der Waals surface area contributed by atoms with E-state index < -0.39 is 0 Å². The molecule has 114 valence electrons. The van der Waals surface area contributed by atoms with Crippen molar-refractivity contribution in [1.29, 1.82) is 0 Å². The van der Waals surface area contributed by atoms with Gasteiger partial charge in [0.1, 0.15) is 10.6 Å². The second kappa shape index (κ2) is 7.01. The molecule has 1 aliphatic carbocycles. The molecule has 0 amide bonds. The first-order valence-electron chi connectivity index (χ1n) is 7.97. The first-order valence-corrected chi connectivity index (χ1v) is 8.78. The van der Waals surface area contributed by atoms with Gasteiger partial charge in [-0.05, 0) is 25.7 Å². The summed E-state index contributed by atoms with van der Waals surface area (Å²) in [4.78, 5) is 6.18. The van der Waals surface area contributed by atoms with E-state index in [2.05, 4.69) is 20.8 Å². The van der Waals surface area contributed by atoms with Crippen molar-refractivity contribution in [3.05, 3.63) is 15.6 Å². The van der Waals surface area contributed by atoms with E-state index in [1.54, 1.807) is 11.3 Å². The van der Waals surface area contributed by atoms with Crippen molar-refractivity contribution in [2.24, 2.45) is 5.73 Å². The Morgan fingerprint density at radius 3 is 2.35 bits per heavy atom. The number of hydrogen-bond donors (Lipinski definition) is 1. The van der Waals surface area contributed by atoms with E-state index in [1.807, 2.05) is 0 Å². The molecule has 0 radical (unpaired) electrons. The number of ether oxygens (including phenoxy) is 1. The number of nitrogens with two attached hydrogens (primary N) is 1. The second-order valence-corrected chi connectivity index (χ2v) is 7.11. The molecule has 3 nitrogen and oxygen atoms in total. The summed E-state index contributed by atoms with van der Waals surface area (Å²) < 4.78 is 6.24. The van der Waals surface area contributed by atoms with Gasteiger partial charge in [0.05, 0.1) is 5.69 Å². The molecular weight excluding hydrogens is 268 g/mol. The van der Waals surface area contributed by atoms with Crippen molar-refractivity contribution >= 4 is 11.3 Å². The highest BCUT2D eigenvalue weighted by Gasteiger charge is 2.37. The summed E-state index contributed by atoms with van der Waals surface area (Å²) in [5.74, 6) is 0.433. The average molecular weight is 296 g/mol. The highest BCUT2D eigenvalue weighted by atomic mass is 32.1. The van der Waals surface area contributed by atoms with Crippen molar-refractivity contribution in [2.45, 2.75) is 77.4 Å². The van der Waals surface area contributed by atoms with Gasteiger partial charge in [-0.25, -0.2) is 4.98 Å². The fourth-order valence-corrected chi connectivity index (χ4v) is 4.45. The summed E-state index contributed by atoms with van der Waals surface area (Å²) in [5, 5.41) is 1.17. The lowest BCUT2D eigenvalue weighted by molar-refractivity contribution is -0.0560. The van der Waals surface area contributed by atoms with Crippen molar-refractivity contribution in [3.8, 4) is 0 Å². The van der Waals surface area contributed by atoms with Gasteiger partial charge in [-0.2, -0.15) is 0 Å². The van der Waals surface area contributed by atoms with Crippen LogP contribution in [0.25, 0.3) is 0 Å². The number of hydrogen-bond acceptors (Lipinski definition) is 4. The molecule has 0 aromatic carbocycles. The van der Waals surface area contributed by atoms with E-state index in [9.17, 15) is 0 Å². The zero-order valence-electron chi connectivity index (χ0n) is 13.1. The van der Waals surface area contributed by atoms with Gasteiger partial charge in [0, 0.05) is 18.0 Å². The van der Waals surface area contributed by atoms with Gasteiger partial charge in [0.25, 0.3) is 0 Å². The summed E-state index contributed by atoms with van der Waals surface area (Å²) in [5.41, 5.74) is 6.94. The summed E-state index contributed by atoms with van der Waals surface area (Å²) in [7, 11) is 0. The Labute approximate surface area is 126 Å². The van der Waals surface area contributed by atoms with Crippen LogP contribution in [0.4, 0.5) is 0 Å². The molecule has 0 unspecified atom stereocenters. The monoisotopic (exact) mass is 296 g/mol. The lowest BCUT2D eigenvalue weighted by Crippen LogP contribution is -2.29. The van der Waals surface area contributed by atoms with Gasteiger partial charge in [0.15, 0.2) is 0 Å². The Hall–Kier alpha value is -0.450. The quantitative estimate of drug-likeness (QED) is 0.824. The van der Waals surface area contributed by atoms with Crippen LogP contribution in [0, 0.1) is 0 Å². The minimum Gasteiger partial charge on any atom is -0.368 e. The summed E-state index contributed by atoms with van der Waals surface area (Å²) in [6.07, 6.45) is 7.34. The SMILES string of the molecule is CCOC1(c2nc(C(C)C)c(CN)s2)CCCCCC1. The Morgan fingerprint density at radius 2 is 1.90 bits per heavy atom. The molecule has 1 saturated carbocycles. The van der Waals surface area contributed by atoms with Crippen molar-refractivity contribution in [2.75, 3.05) is 6.61 Å². The molecule has 1 aromatic heterocycles. The third-order valence-corrected chi connectivity index (χ3v) is 5.46. The number of rotatable bonds is 5. The molecule has 0 bridgehead atoms. The molecule has 1 heterocycles. The van der Waals surface area contributed by atoms with Crippen LogP contribution in [0.15, 0.2) is 0 Å². The molecule has 2 rings (SSSR count). The summed E-state index contributed by atoms with van der Waals surface area (Å²) in [6, 6.07) is 0. The number of nitrogens with zero attached hydrogens (tertiary/aromatic N) is 1. The lowest BCUT2D eigenvalue weighted by atomic mass is 9.94. The van der Waals surface area contributed by atoms with Crippen molar-refractivity contribution in [3.63, 3.8) is 0 Å². The molecule has 0 saturated heterocycles. The van der Waals surface area contributed by atoms with E-state index in [1.165, 1.54) is 41.3 Å². The maximum absolute atomic E-state index is 6.24. The molecule has 0 spiro atoms. The first-order chi connectivity index (χ1) is 9.63. The topological polar surface area (TPSA) is 48.1 Å². The average Bonchev–Trinajstić information content (AvgIpc) is 2.74. The van der Waals surface area contributed by atoms with Gasteiger partial charge >= 0.3 is 0 Å². The van der Waals surface area contributed by atoms with Gasteiger partial charge in [-0.15, -0.1) is 11.3 Å². The molecule has 0 aliphatic heterocycles. The van der Waals surface area contributed by atoms with Crippen LogP contribution in [0.2, 0.25) is 0 Å². The molecule has 20 heavy (non-hydrogen) atoms. The number of thiazole rings is 1. The second-order valence-electron chi connectivity index (χ2n) is 6.03.